The van der Waals surface area contributed by atoms with Gasteiger partial charge in [0.05, 0.1) is 17.5 Å². The van der Waals surface area contributed by atoms with Crippen LogP contribution in [0.2, 0.25) is 0 Å². The molecule has 8 heteroatoms. The topological polar surface area (TPSA) is 93.5 Å². The van der Waals surface area contributed by atoms with E-state index in [-0.39, 0.29) is 34.8 Å². The molecule has 0 aliphatic heterocycles. The fourth-order valence-electron chi connectivity index (χ4n) is 2.78. The van der Waals surface area contributed by atoms with E-state index in [2.05, 4.69) is 36.6 Å². The number of benzene rings is 1. The Labute approximate surface area is 182 Å². The van der Waals surface area contributed by atoms with Crippen LogP contribution in [0.25, 0.3) is 0 Å². The van der Waals surface area contributed by atoms with Crippen LogP contribution in [-0.2, 0) is 9.59 Å². The van der Waals surface area contributed by atoms with Crippen LogP contribution < -0.4 is 15.4 Å². The number of carbonyl (C=O) groups is 2. The normalized spacial score (nSPS) is 12.3. The van der Waals surface area contributed by atoms with E-state index in [9.17, 15) is 9.59 Å². The molecule has 1 atom stereocenters. The van der Waals surface area contributed by atoms with E-state index in [0.29, 0.717) is 18.2 Å². The minimum absolute atomic E-state index is 0.130. The molecule has 0 aliphatic rings. The summed E-state index contributed by atoms with van der Waals surface area (Å²) in [6.07, 6.45) is 0. The first kappa shape index (κ1) is 23.8. The first-order chi connectivity index (χ1) is 14.1. The van der Waals surface area contributed by atoms with Crippen LogP contribution >= 0.6 is 11.8 Å². The number of aryl methyl sites for hydroxylation is 3. The number of nitrogens with zero attached hydrogens (tertiary/aromatic N) is 1. The van der Waals surface area contributed by atoms with Gasteiger partial charge >= 0.3 is 0 Å². The summed E-state index contributed by atoms with van der Waals surface area (Å²) >= 11 is 1.24. The van der Waals surface area contributed by atoms with Crippen molar-refractivity contribution in [2.75, 3.05) is 23.4 Å². The van der Waals surface area contributed by atoms with Crippen molar-refractivity contribution in [1.82, 2.24) is 10.5 Å². The highest BCUT2D eigenvalue weighted by molar-refractivity contribution is 8.00. The lowest BCUT2D eigenvalue weighted by Crippen LogP contribution is -2.48. The third-order valence-electron chi connectivity index (χ3n) is 4.55. The summed E-state index contributed by atoms with van der Waals surface area (Å²) in [5.74, 6) is 1.82. The van der Waals surface area contributed by atoms with E-state index in [1.54, 1.807) is 13.0 Å². The van der Waals surface area contributed by atoms with E-state index >= 15 is 0 Å². The number of aromatic nitrogens is 1. The summed E-state index contributed by atoms with van der Waals surface area (Å²) in [7, 11) is 0. The summed E-state index contributed by atoms with van der Waals surface area (Å²) in [5.41, 5.74) is 1.95. The van der Waals surface area contributed by atoms with Gasteiger partial charge in [-0.15, -0.1) is 11.8 Å². The Morgan fingerprint density at radius 2 is 1.77 bits per heavy atom. The second kappa shape index (κ2) is 10.5. The second-order valence-electron chi connectivity index (χ2n) is 8.38. The standard InChI is InChI=1S/C22H31N3O4S/c1-14-8-7-9-15(2)21(14)28-11-17(22(4,5)6)23-19(26)12-30-13-20(27)24-18-10-16(3)29-25-18/h7-10,17H,11-13H2,1-6H3,(H,23,26)(H,24,25,27)/t17-/m0/s1. The fraction of sp³-hybridized carbons (Fsp3) is 0.500. The number of anilines is 1. The van der Waals surface area contributed by atoms with Crippen LogP contribution in [0.3, 0.4) is 0 Å². The maximum atomic E-state index is 12.4. The number of thioether (sulfide) groups is 1. The number of rotatable bonds is 9. The van der Waals surface area contributed by atoms with Gasteiger partial charge in [-0.25, -0.2) is 0 Å². The number of para-hydroxylation sites is 1. The maximum absolute atomic E-state index is 12.4. The van der Waals surface area contributed by atoms with Crippen molar-refractivity contribution in [3.63, 3.8) is 0 Å². The van der Waals surface area contributed by atoms with Gasteiger partial charge in [-0.05, 0) is 37.3 Å². The third-order valence-corrected chi connectivity index (χ3v) is 5.48. The molecule has 0 spiro atoms. The van der Waals surface area contributed by atoms with Crippen molar-refractivity contribution in [1.29, 1.82) is 0 Å². The van der Waals surface area contributed by atoms with Crippen LogP contribution in [-0.4, -0.2) is 41.1 Å². The quantitative estimate of drug-likeness (QED) is 0.623. The third kappa shape index (κ3) is 7.40. The largest absolute Gasteiger partial charge is 0.491 e. The number of hydrogen-bond donors (Lipinski definition) is 2. The lowest BCUT2D eigenvalue weighted by Gasteiger charge is -2.31. The van der Waals surface area contributed by atoms with Crippen molar-refractivity contribution >= 4 is 29.4 Å². The minimum Gasteiger partial charge on any atom is -0.491 e. The van der Waals surface area contributed by atoms with Crippen LogP contribution in [0.5, 0.6) is 5.75 Å². The highest BCUT2D eigenvalue weighted by Crippen LogP contribution is 2.25. The molecule has 0 saturated carbocycles. The Hall–Kier alpha value is -2.48. The summed E-state index contributed by atoms with van der Waals surface area (Å²) in [6.45, 7) is 12.3. The summed E-state index contributed by atoms with van der Waals surface area (Å²) < 4.78 is 11.0. The molecule has 0 fully saturated rings. The van der Waals surface area contributed by atoms with Crippen LogP contribution in [0.1, 0.15) is 37.7 Å². The molecule has 2 rings (SSSR count). The van der Waals surface area contributed by atoms with Gasteiger partial charge in [0, 0.05) is 6.07 Å². The van der Waals surface area contributed by atoms with Crippen LogP contribution in [0, 0.1) is 26.2 Å². The zero-order valence-electron chi connectivity index (χ0n) is 18.5. The molecule has 1 aromatic heterocycles. The number of ether oxygens (including phenoxy) is 1. The van der Waals surface area contributed by atoms with Gasteiger partial charge < -0.3 is 19.9 Å². The molecule has 164 valence electrons. The van der Waals surface area contributed by atoms with Gasteiger partial charge in [-0.1, -0.05) is 44.1 Å². The molecule has 0 saturated heterocycles. The van der Waals surface area contributed by atoms with Crippen molar-refractivity contribution in [2.24, 2.45) is 5.41 Å². The highest BCUT2D eigenvalue weighted by atomic mass is 32.2. The SMILES string of the molecule is Cc1cc(NC(=O)CSCC(=O)N[C@@H](COc2c(C)cccc2C)C(C)(C)C)no1. The number of amides is 2. The molecule has 30 heavy (non-hydrogen) atoms. The molecule has 2 aromatic rings. The monoisotopic (exact) mass is 433 g/mol. The Morgan fingerprint density at radius 1 is 1.13 bits per heavy atom. The lowest BCUT2D eigenvalue weighted by molar-refractivity contribution is -0.120. The predicted molar refractivity (Wildman–Crippen MR) is 120 cm³/mol. The molecular formula is C22H31N3O4S. The van der Waals surface area contributed by atoms with Crippen molar-refractivity contribution < 1.29 is 18.8 Å². The van der Waals surface area contributed by atoms with E-state index in [1.165, 1.54) is 11.8 Å². The van der Waals surface area contributed by atoms with Crippen molar-refractivity contribution in [3.05, 3.63) is 41.2 Å². The molecule has 0 radical (unpaired) electrons. The van der Waals surface area contributed by atoms with E-state index in [1.807, 2.05) is 32.0 Å². The summed E-state index contributed by atoms with van der Waals surface area (Å²) in [5, 5.41) is 9.40. The summed E-state index contributed by atoms with van der Waals surface area (Å²) in [4.78, 5) is 24.4. The summed E-state index contributed by atoms with van der Waals surface area (Å²) in [6, 6.07) is 7.48. The van der Waals surface area contributed by atoms with E-state index in [0.717, 1.165) is 16.9 Å². The van der Waals surface area contributed by atoms with Crippen molar-refractivity contribution in [3.8, 4) is 5.75 Å². The number of carbonyl (C=O) groups excluding carboxylic acids is 2. The molecule has 2 amide bonds. The molecule has 1 heterocycles. The van der Waals surface area contributed by atoms with Gasteiger partial charge in [-0.3, -0.25) is 9.59 Å². The highest BCUT2D eigenvalue weighted by Gasteiger charge is 2.27. The van der Waals surface area contributed by atoms with Crippen LogP contribution in [0.4, 0.5) is 5.82 Å². The number of nitrogens with one attached hydrogen (secondary N) is 2. The maximum Gasteiger partial charge on any atom is 0.235 e. The van der Waals surface area contributed by atoms with Gasteiger partial charge in [0.25, 0.3) is 0 Å². The molecule has 0 bridgehead atoms. The molecular weight excluding hydrogens is 402 g/mol. The Morgan fingerprint density at radius 3 is 2.33 bits per heavy atom. The Bertz CT molecular complexity index is 853. The number of hydrogen-bond acceptors (Lipinski definition) is 6. The molecule has 7 nitrogen and oxygen atoms in total. The fourth-order valence-corrected chi connectivity index (χ4v) is 3.41. The first-order valence-electron chi connectivity index (χ1n) is 9.85. The Kier molecular flexibility index (Phi) is 8.34. The average molecular weight is 434 g/mol. The van der Waals surface area contributed by atoms with Gasteiger partial charge in [0.2, 0.25) is 11.8 Å². The zero-order valence-corrected chi connectivity index (χ0v) is 19.3. The van der Waals surface area contributed by atoms with Gasteiger partial charge in [-0.2, -0.15) is 0 Å². The van der Waals surface area contributed by atoms with E-state index in [4.69, 9.17) is 9.26 Å². The zero-order chi connectivity index (χ0) is 22.3. The molecule has 0 aliphatic carbocycles. The van der Waals surface area contributed by atoms with Crippen LogP contribution in [0.15, 0.2) is 28.8 Å². The smallest absolute Gasteiger partial charge is 0.235 e. The average Bonchev–Trinajstić information content (AvgIpc) is 3.04. The predicted octanol–water partition coefficient (Wildman–Crippen LogP) is 3.88. The Balaban J connectivity index is 1.82. The van der Waals surface area contributed by atoms with Gasteiger partial charge in [0.1, 0.15) is 18.1 Å². The first-order valence-corrected chi connectivity index (χ1v) is 11.0. The molecule has 2 N–H and O–H groups in total. The van der Waals surface area contributed by atoms with Gasteiger partial charge in [0.15, 0.2) is 5.82 Å². The van der Waals surface area contributed by atoms with E-state index < -0.39 is 0 Å². The van der Waals surface area contributed by atoms with Crippen molar-refractivity contribution in [2.45, 2.75) is 47.6 Å². The minimum atomic E-state index is -0.230. The molecule has 1 aromatic carbocycles. The second-order valence-corrected chi connectivity index (χ2v) is 9.37. The molecule has 0 unspecified atom stereocenters. The lowest BCUT2D eigenvalue weighted by atomic mass is 9.87.